The lowest BCUT2D eigenvalue weighted by Crippen LogP contribution is -2.28. The molecule has 0 atom stereocenters. The molecule has 0 bridgehead atoms. The number of fused-ring (bicyclic) bond motifs is 6. The number of hydrogen-bond donors (Lipinski definition) is 0. The molecule has 0 aliphatic heterocycles. The lowest BCUT2D eigenvalue weighted by atomic mass is 9.67. The molecule has 0 heterocycles. The van der Waals surface area contributed by atoms with E-state index in [9.17, 15) is 0 Å². The van der Waals surface area contributed by atoms with Gasteiger partial charge in [-0.2, -0.15) is 0 Å². The summed E-state index contributed by atoms with van der Waals surface area (Å²) in [7, 11) is 0. The van der Waals surface area contributed by atoms with Gasteiger partial charge in [-0.15, -0.1) is 0 Å². The average molecular weight is 756 g/mol. The summed E-state index contributed by atoms with van der Waals surface area (Å²) in [4.78, 5) is 2.47. The van der Waals surface area contributed by atoms with E-state index in [0.29, 0.717) is 0 Å². The van der Waals surface area contributed by atoms with Crippen LogP contribution in [0.1, 0.15) is 65.6 Å². The first-order valence-corrected chi connectivity index (χ1v) is 21.0. The van der Waals surface area contributed by atoms with Crippen LogP contribution in [0.2, 0.25) is 0 Å². The summed E-state index contributed by atoms with van der Waals surface area (Å²) in [6.07, 6.45) is 9.11. The van der Waals surface area contributed by atoms with Crippen LogP contribution in [-0.4, -0.2) is 0 Å². The molecule has 0 fully saturated rings. The summed E-state index contributed by atoms with van der Waals surface area (Å²) < 4.78 is 0. The second-order valence-corrected chi connectivity index (χ2v) is 16.8. The van der Waals surface area contributed by atoms with Crippen molar-refractivity contribution >= 4 is 22.6 Å². The van der Waals surface area contributed by atoms with Crippen molar-refractivity contribution in [3.63, 3.8) is 0 Å². The fourth-order valence-corrected chi connectivity index (χ4v) is 10.3. The molecular formula is C58H45N. The molecule has 3 aliphatic rings. The fourth-order valence-electron chi connectivity index (χ4n) is 10.3. The van der Waals surface area contributed by atoms with Crippen LogP contribution in [0.4, 0.5) is 17.1 Å². The number of allylic oxidation sites excluding steroid dienone is 4. The van der Waals surface area contributed by atoms with E-state index in [2.05, 4.69) is 231 Å². The van der Waals surface area contributed by atoms with Crippen LogP contribution in [0.25, 0.3) is 39.0 Å². The highest BCUT2D eigenvalue weighted by Gasteiger charge is 2.46. The number of nitrogens with zero attached hydrogens (tertiary/aromatic N) is 1. The van der Waals surface area contributed by atoms with Crippen LogP contribution in [0.3, 0.4) is 0 Å². The van der Waals surface area contributed by atoms with Gasteiger partial charge in [0.05, 0.1) is 5.41 Å². The second-order valence-electron chi connectivity index (χ2n) is 16.8. The summed E-state index contributed by atoms with van der Waals surface area (Å²) in [5.41, 5.74) is 20.9. The van der Waals surface area contributed by atoms with Crippen molar-refractivity contribution in [2.45, 2.75) is 37.5 Å². The predicted molar refractivity (Wildman–Crippen MR) is 248 cm³/mol. The molecule has 8 aromatic rings. The molecule has 1 nitrogen and oxygen atoms in total. The highest BCUT2D eigenvalue weighted by Crippen LogP contribution is 2.58. The van der Waals surface area contributed by atoms with E-state index in [4.69, 9.17) is 0 Å². The molecular weight excluding hydrogens is 711 g/mol. The van der Waals surface area contributed by atoms with Gasteiger partial charge in [-0.1, -0.05) is 190 Å². The minimum absolute atomic E-state index is 0.123. The van der Waals surface area contributed by atoms with Crippen molar-refractivity contribution in [1.29, 1.82) is 0 Å². The average Bonchev–Trinajstić information content (AvgIpc) is 3.73. The lowest BCUT2D eigenvalue weighted by Gasteiger charge is -2.35. The molecule has 8 aromatic carbocycles. The van der Waals surface area contributed by atoms with Crippen molar-refractivity contribution in [3.8, 4) is 33.4 Å². The molecule has 1 heteroatoms. The number of rotatable bonds is 7. The highest BCUT2D eigenvalue weighted by molar-refractivity contribution is 5.91. The molecule has 282 valence electrons. The van der Waals surface area contributed by atoms with Gasteiger partial charge >= 0.3 is 0 Å². The first kappa shape index (κ1) is 35.2. The molecule has 59 heavy (non-hydrogen) atoms. The monoisotopic (exact) mass is 755 g/mol. The maximum Gasteiger partial charge on any atom is 0.0714 e. The van der Waals surface area contributed by atoms with Gasteiger partial charge in [-0.05, 0) is 127 Å². The largest absolute Gasteiger partial charge is 0.310 e. The van der Waals surface area contributed by atoms with Crippen molar-refractivity contribution in [2.75, 3.05) is 4.90 Å². The Kier molecular flexibility index (Phi) is 8.27. The van der Waals surface area contributed by atoms with Crippen molar-refractivity contribution in [3.05, 3.63) is 251 Å². The molecule has 11 rings (SSSR count). The van der Waals surface area contributed by atoms with Crippen molar-refractivity contribution in [2.24, 2.45) is 0 Å². The van der Waals surface area contributed by atoms with Crippen LogP contribution in [-0.2, 0) is 10.8 Å². The van der Waals surface area contributed by atoms with Gasteiger partial charge in [-0.3, -0.25) is 0 Å². The third-order valence-corrected chi connectivity index (χ3v) is 13.2. The van der Waals surface area contributed by atoms with Crippen LogP contribution >= 0.6 is 0 Å². The van der Waals surface area contributed by atoms with E-state index in [0.717, 1.165) is 29.9 Å². The summed E-state index contributed by atoms with van der Waals surface area (Å²) >= 11 is 0. The van der Waals surface area contributed by atoms with E-state index < -0.39 is 5.41 Å². The van der Waals surface area contributed by atoms with E-state index in [1.54, 1.807) is 0 Å². The summed E-state index contributed by atoms with van der Waals surface area (Å²) in [6.45, 7) is 4.74. The van der Waals surface area contributed by atoms with Crippen LogP contribution in [0, 0.1) is 0 Å². The molecule has 0 amide bonds. The van der Waals surface area contributed by atoms with Gasteiger partial charge in [0.1, 0.15) is 0 Å². The van der Waals surface area contributed by atoms with E-state index in [1.807, 2.05) is 0 Å². The Hall–Kier alpha value is -6.96. The minimum atomic E-state index is -0.489. The third kappa shape index (κ3) is 5.53. The van der Waals surface area contributed by atoms with Crippen molar-refractivity contribution < 1.29 is 0 Å². The zero-order valence-electron chi connectivity index (χ0n) is 33.6. The Labute approximate surface area is 348 Å². The number of anilines is 3. The molecule has 0 unspecified atom stereocenters. The maximum absolute atomic E-state index is 2.48. The van der Waals surface area contributed by atoms with Gasteiger partial charge in [-0.25, -0.2) is 0 Å². The summed E-state index contributed by atoms with van der Waals surface area (Å²) in [6, 6.07) is 72.6. The van der Waals surface area contributed by atoms with E-state index in [1.165, 1.54) is 77.9 Å². The van der Waals surface area contributed by atoms with E-state index in [-0.39, 0.29) is 5.41 Å². The molecule has 0 aromatic heterocycles. The topological polar surface area (TPSA) is 3.24 Å². The molecule has 0 saturated heterocycles. The second kappa shape index (κ2) is 13.9. The van der Waals surface area contributed by atoms with Gasteiger partial charge in [0, 0.05) is 22.5 Å². The van der Waals surface area contributed by atoms with Crippen LogP contribution < -0.4 is 4.90 Å². The highest BCUT2D eigenvalue weighted by atomic mass is 15.1. The van der Waals surface area contributed by atoms with Gasteiger partial charge < -0.3 is 4.90 Å². The molecule has 0 N–H and O–H groups in total. The summed E-state index contributed by atoms with van der Waals surface area (Å²) in [5.74, 6) is 0. The first-order chi connectivity index (χ1) is 29.0. The molecule has 0 saturated carbocycles. The Morgan fingerprint density at radius 1 is 0.390 bits per heavy atom. The van der Waals surface area contributed by atoms with E-state index >= 15 is 0 Å². The zero-order valence-corrected chi connectivity index (χ0v) is 33.6. The van der Waals surface area contributed by atoms with Gasteiger partial charge in [0.25, 0.3) is 0 Å². The number of benzene rings is 8. The van der Waals surface area contributed by atoms with Gasteiger partial charge in [0.15, 0.2) is 0 Å². The SMILES string of the molecule is CC1(C)c2ccccc2-c2ccc(N(c3ccc(-c4ccc(C5=CCCC=C5)cc4)cc3)c3ccc4c(c3)C(c3ccccc3)(c3ccccc3)c3ccccc3-4)cc21. The van der Waals surface area contributed by atoms with Crippen LogP contribution in [0.5, 0.6) is 0 Å². The Balaban J connectivity index is 1.09. The van der Waals surface area contributed by atoms with Crippen molar-refractivity contribution in [1.82, 2.24) is 0 Å². The molecule has 0 spiro atoms. The molecule has 3 aliphatic carbocycles. The summed E-state index contributed by atoms with van der Waals surface area (Å²) in [5, 5.41) is 0. The normalized spacial score (nSPS) is 15.1. The zero-order chi connectivity index (χ0) is 39.6. The lowest BCUT2D eigenvalue weighted by molar-refractivity contribution is 0.660. The Morgan fingerprint density at radius 2 is 0.864 bits per heavy atom. The quantitative estimate of drug-likeness (QED) is 0.157. The first-order valence-electron chi connectivity index (χ1n) is 21.0. The minimum Gasteiger partial charge on any atom is -0.310 e. The molecule has 0 radical (unpaired) electrons. The Morgan fingerprint density at radius 3 is 1.47 bits per heavy atom. The maximum atomic E-state index is 2.48. The fraction of sp³-hybridized carbons (Fsp3) is 0.103. The van der Waals surface area contributed by atoms with Gasteiger partial charge in [0.2, 0.25) is 0 Å². The van der Waals surface area contributed by atoms with Crippen LogP contribution in [0.15, 0.2) is 212 Å². The smallest absolute Gasteiger partial charge is 0.0714 e. The third-order valence-electron chi connectivity index (χ3n) is 13.2. The predicted octanol–water partition coefficient (Wildman–Crippen LogP) is 15.2. The number of hydrogen-bond acceptors (Lipinski definition) is 1. The Bertz CT molecular complexity index is 2890. The standard InChI is InChI=1S/C58H45N/c1-57(2)53-24-14-12-22-49(53)51-36-34-47(38-55(51)57)59(46-32-30-43(31-33-46)42-28-26-41(27-29-42)40-16-6-3-7-17-40)48-35-37-52-50-23-13-15-25-54(50)58(56(52)39-48,44-18-8-4-9-19-44)45-20-10-5-11-21-45/h4-6,8-39H,3,7H2,1-2H3.